The molecule has 0 spiro atoms. The molecule has 0 unspecified atom stereocenters. The van der Waals surface area contributed by atoms with Gasteiger partial charge in [0.15, 0.2) is 0 Å². The summed E-state index contributed by atoms with van der Waals surface area (Å²) in [5, 5.41) is 55.9. The quantitative estimate of drug-likeness (QED) is 0.0650. The molecule has 1 aliphatic heterocycles. The lowest BCUT2D eigenvalue weighted by Gasteiger charge is -2.28. The summed E-state index contributed by atoms with van der Waals surface area (Å²) < 4.78 is 0. The molecule has 9 amide bonds. The van der Waals surface area contributed by atoms with Crippen LogP contribution in [0.3, 0.4) is 0 Å². The number of carbonyl (C=O) groups is 9. The minimum absolute atomic E-state index is 0.0674. The lowest BCUT2D eigenvalue weighted by Crippen LogP contribution is -2.61. The van der Waals surface area contributed by atoms with Crippen LogP contribution in [-0.2, 0) is 49.6 Å². The van der Waals surface area contributed by atoms with Gasteiger partial charge in [0.05, 0.1) is 18.8 Å². The van der Waals surface area contributed by atoms with Gasteiger partial charge in [-0.2, -0.15) is 0 Å². The van der Waals surface area contributed by atoms with Crippen molar-refractivity contribution in [3.05, 3.63) is 35.9 Å². The van der Waals surface area contributed by atoms with Crippen molar-refractivity contribution in [2.24, 2.45) is 23.1 Å². The lowest BCUT2D eigenvalue weighted by atomic mass is 10.00. The van der Waals surface area contributed by atoms with Crippen LogP contribution < -0.4 is 70.4 Å². The number of carbonyl (C=O) groups excluding carboxylic acids is 9. The Kier molecular flexibility index (Phi) is 25.6. The zero-order valence-corrected chi connectivity index (χ0v) is 39.3. The summed E-state index contributed by atoms with van der Waals surface area (Å²) >= 11 is 0. The first-order valence-electron chi connectivity index (χ1n) is 22.7. The number of benzene rings is 1. The van der Waals surface area contributed by atoms with E-state index in [1.807, 2.05) is 0 Å². The number of likely N-dealkylation sites (N-methyl/N-ethyl adjacent to an activating group) is 1. The first-order valence-corrected chi connectivity index (χ1v) is 22.7. The van der Waals surface area contributed by atoms with Crippen molar-refractivity contribution >= 4 is 53.2 Å². The molecule has 1 aromatic carbocycles. The molecule has 2 rings (SSSR count). The Morgan fingerprint density at radius 1 is 0.662 bits per heavy atom. The number of aliphatic hydroxyl groups excluding tert-OH is 3. The third-order valence-corrected chi connectivity index (χ3v) is 10.8. The molecule has 68 heavy (non-hydrogen) atoms. The van der Waals surface area contributed by atoms with Crippen LogP contribution in [0.1, 0.15) is 65.4 Å². The smallest absolute Gasteiger partial charge is 0.245 e. The van der Waals surface area contributed by atoms with E-state index in [-0.39, 0.29) is 57.7 Å². The molecule has 1 aliphatic rings. The van der Waals surface area contributed by atoms with Crippen molar-refractivity contribution in [2.75, 3.05) is 39.8 Å². The summed E-state index contributed by atoms with van der Waals surface area (Å²) in [6.07, 6.45) is -3.65. The summed E-state index contributed by atoms with van der Waals surface area (Å²) in [6, 6.07) is -4.35. The highest BCUT2D eigenvalue weighted by atomic mass is 16.3. The average Bonchev–Trinajstić information content (AvgIpc) is 3.28. The van der Waals surface area contributed by atoms with Crippen LogP contribution >= 0.6 is 0 Å². The maximum absolute atomic E-state index is 14.2. The maximum atomic E-state index is 14.2. The highest BCUT2D eigenvalue weighted by Gasteiger charge is 2.36. The van der Waals surface area contributed by atoms with Crippen LogP contribution in [0.5, 0.6) is 0 Å². The van der Waals surface area contributed by atoms with Gasteiger partial charge in [-0.1, -0.05) is 44.2 Å². The fourth-order valence-electron chi connectivity index (χ4n) is 7.13. The Hall–Kier alpha value is -5.83. The number of hydrogen-bond donors (Lipinski definition) is 16. The highest BCUT2D eigenvalue weighted by molar-refractivity contribution is 5.98. The third-order valence-electron chi connectivity index (χ3n) is 10.8. The van der Waals surface area contributed by atoms with E-state index in [0.717, 1.165) is 0 Å². The lowest BCUT2D eigenvalue weighted by molar-refractivity contribution is -0.136. The molecule has 25 nitrogen and oxygen atoms in total. The molecular formula is C43H73N13O12. The van der Waals surface area contributed by atoms with Gasteiger partial charge in [-0.15, -0.1) is 0 Å². The van der Waals surface area contributed by atoms with Crippen molar-refractivity contribution in [2.45, 2.75) is 133 Å². The van der Waals surface area contributed by atoms with Crippen LogP contribution in [0.4, 0.5) is 0 Å². The molecule has 0 aliphatic carbocycles. The van der Waals surface area contributed by atoms with Gasteiger partial charge in [0.1, 0.15) is 54.4 Å². The van der Waals surface area contributed by atoms with Crippen molar-refractivity contribution in [3.8, 4) is 0 Å². The van der Waals surface area contributed by atoms with Gasteiger partial charge in [0.25, 0.3) is 0 Å². The number of amides is 9. The van der Waals surface area contributed by atoms with Crippen LogP contribution in [0.25, 0.3) is 0 Å². The second kappa shape index (κ2) is 29.8. The first-order chi connectivity index (χ1) is 32.2. The molecule has 1 saturated heterocycles. The molecule has 0 radical (unpaired) electrons. The van der Waals surface area contributed by atoms with E-state index in [9.17, 15) is 58.5 Å². The molecule has 382 valence electrons. The normalized spacial score (nSPS) is 24.9. The summed E-state index contributed by atoms with van der Waals surface area (Å²) in [5.74, 6) is -8.37. The van der Waals surface area contributed by atoms with E-state index < -0.39 is 139 Å². The maximum Gasteiger partial charge on any atom is 0.245 e. The number of rotatable bonds is 18. The minimum Gasteiger partial charge on any atom is -0.394 e. The molecular weight excluding hydrogens is 891 g/mol. The summed E-state index contributed by atoms with van der Waals surface area (Å²) in [7, 11) is 1.38. The van der Waals surface area contributed by atoms with Crippen molar-refractivity contribution in [1.82, 2.24) is 53.2 Å². The van der Waals surface area contributed by atoms with Gasteiger partial charge in [-0.3, -0.25) is 43.2 Å². The average molecular weight is 964 g/mol. The van der Waals surface area contributed by atoms with E-state index >= 15 is 0 Å². The standard InChI is InChI=1S/C43H73N13O12/c1-22(2)19-30-39(64)51-26(11-15-44)35(60)50-28(13-17-46)38(63)56-34(24(4)59)42(67)48-18-14-29(52-41(66)32(21-57)55-43(68)33(47-5)23(3)58)37(62)49-27(12-16-45)36(61)54-31(40(65)53-30)20-25-9-7-6-8-10-25/h6-10,22-24,26-34,47,57-59H,11-21,44-46H2,1-5H3,(H,48,67)(H,49,62)(H,50,60)(H,51,64)(H,52,66)(H,53,65)(H,54,61)(H,55,68)(H,56,63)/t23-,24-,26+,27+,28+,29+,30+,31-,32-,33+,34+/m1/s1. The Labute approximate surface area is 395 Å². The number of aliphatic hydroxyl groups is 3. The Morgan fingerprint density at radius 2 is 1.13 bits per heavy atom. The van der Waals surface area contributed by atoms with E-state index in [4.69, 9.17) is 17.2 Å². The van der Waals surface area contributed by atoms with Crippen LogP contribution in [-0.4, -0.2) is 175 Å². The summed E-state index contributed by atoms with van der Waals surface area (Å²) in [4.78, 5) is 124. The van der Waals surface area contributed by atoms with Crippen LogP contribution in [0.15, 0.2) is 30.3 Å². The third kappa shape index (κ3) is 19.0. The van der Waals surface area contributed by atoms with Crippen molar-refractivity contribution < 1.29 is 58.5 Å². The zero-order chi connectivity index (χ0) is 51.1. The summed E-state index contributed by atoms with van der Waals surface area (Å²) in [6.45, 7) is 4.34. The van der Waals surface area contributed by atoms with Gasteiger partial charge in [-0.25, -0.2) is 0 Å². The molecule has 0 saturated carbocycles. The number of hydrogen-bond acceptors (Lipinski definition) is 16. The Bertz CT molecular complexity index is 1840. The molecule has 25 heteroatoms. The van der Waals surface area contributed by atoms with E-state index in [2.05, 4.69) is 53.2 Å². The molecule has 1 fully saturated rings. The minimum atomic E-state index is -1.66. The predicted molar refractivity (Wildman–Crippen MR) is 247 cm³/mol. The highest BCUT2D eigenvalue weighted by Crippen LogP contribution is 2.11. The molecule has 1 heterocycles. The largest absolute Gasteiger partial charge is 0.394 e. The molecule has 1 aromatic rings. The van der Waals surface area contributed by atoms with Gasteiger partial charge in [-0.05, 0) is 84.1 Å². The van der Waals surface area contributed by atoms with Gasteiger partial charge in [0.2, 0.25) is 53.2 Å². The molecule has 11 atom stereocenters. The molecule has 19 N–H and O–H groups in total. The van der Waals surface area contributed by atoms with Crippen molar-refractivity contribution in [1.29, 1.82) is 0 Å². The van der Waals surface area contributed by atoms with Crippen LogP contribution in [0, 0.1) is 5.92 Å². The van der Waals surface area contributed by atoms with Gasteiger partial charge >= 0.3 is 0 Å². The topological polar surface area (TPSA) is 413 Å². The van der Waals surface area contributed by atoms with E-state index in [0.29, 0.717) is 5.56 Å². The SMILES string of the molecule is CN[C@H](C(=O)N[C@H](CO)C(=O)N[C@H]1CCNC(=O)[C@H]([C@@H](C)O)NC(=O)[C@H](CCN)NC(=O)[C@H](CCN)NC(=O)[C@H](CC(C)C)NC(=O)[C@@H](Cc2ccccc2)NC(=O)[C@H](CCN)NC1=O)[C@@H](C)O. The summed E-state index contributed by atoms with van der Waals surface area (Å²) in [5.41, 5.74) is 18.1. The van der Waals surface area contributed by atoms with Gasteiger partial charge in [0, 0.05) is 13.0 Å². The second-order valence-corrected chi connectivity index (χ2v) is 17.0. The van der Waals surface area contributed by atoms with Crippen molar-refractivity contribution in [3.63, 3.8) is 0 Å². The predicted octanol–water partition coefficient (Wildman–Crippen LogP) is -6.94. The molecule has 0 bridgehead atoms. The Balaban J connectivity index is 2.73. The number of nitrogens with two attached hydrogens (primary N) is 3. The monoisotopic (exact) mass is 964 g/mol. The zero-order valence-electron chi connectivity index (χ0n) is 39.3. The van der Waals surface area contributed by atoms with E-state index in [1.165, 1.54) is 20.9 Å². The van der Waals surface area contributed by atoms with Crippen LogP contribution in [0.2, 0.25) is 0 Å². The second-order valence-electron chi connectivity index (χ2n) is 17.0. The fraction of sp³-hybridized carbons (Fsp3) is 0.651. The molecule has 0 aromatic heterocycles. The van der Waals surface area contributed by atoms with Gasteiger partial charge < -0.3 is 85.7 Å². The number of nitrogens with one attached hydrogen (secondary N) is 10. The Morgan fingerprint density at radius 3 is 1.60 bits per heavy atom. The fourth-order valence-corrected chi connectivity index (χ4v) is 7.13. The first kappa shape index (κ1) is 58.3. The van der Waals surface area contributed by atoms with E-state index in [1.54, 1.807) is 44.2 Å².